The van der Waals surface area contributed by atoms with E-state index in [0.29, 0.717) is 19.4 Å². The second kappa shape index (κ2) is 9.23. The molecule has 2 aliphatic rings. The Morgan fingerprint density at radius 3 is 2.24 bits per heavy atom. The zero-order valence-corrected chi connectivity index (χ0v) is 17.6. The molecule has 1 aromatic rings. The van der Waals surface area contributed by atoms with Gasteiger partial charge < -0.3 is 4.74 Å². The summed E-state index contributed by atoms with van der Waals surface area (Å²) in [6.07, 6.45) is 1.44. The molecule has 0 N–H and O–H groups in total. The van der Waals surface area contributed by atoms with Crippen LogP contribution in [0, 0.1) is 0 Å². The van der Waals surface area contributed by atoms with Gasteiger partial charge in [0.1, 0.15) is 13.2 Å². The Labute approximate surface area is 176 Å². The molecule has 154 valence electrons. The van der Waals surface area contributed by atoms with Gasteiger partial charge in [0.25, 0.3) is 0 Å². The molecule has 2 heterocycles. The van der Waals surface area contributed by atoms with E-state index in [-0.39, 0.29) is 55.2 Å². The maximum absolute atomic E-state index is 12.0. The standard InChI is InChI=1S/C20H21NO6S2/c1-13(22)20(28-29-20)17(24)12-27-11-16(23)10-15-4-2-14(3-5-15)6-7-18(25)21-9-8-19(21)26/h2-5H,6-12H2,1H3. The molecule has 0 saturated carbocycles. The maximum atomic E-state index is 12.0. The molecule has 3 rings (SSSR count). The molecular weight excluding hydrogens is 414 g/mol. The van der Waals surface area contributed by atoms with Crippen LogP contribution in [-0.2, 0) is 41.6 Å². The van der Waals surface area contributed by atoms with E-state index in [0.717, 1.165) is 11.1 Å². The number of Topliss-reactive ketones (excluding diaryl/α,β-unsaturated/α-hetero) is 3. The van der Waals surface area contributed by atoms with E-state index in [4.69, 9.17) is 4.74 Å². The lowest BCUT2D eigenvalue weighted by Crippen LogP contribution is -2.47. The molecule has 0 aliphatic carbocycles. The second-order valence-electron chi connectivity index (χ2n) is 6.98. The highest BCUT2D eigenvalue weighted by atomic mass is 33.2. The van der Waals surface area contributed by atoms with Crippen molar-refractivity contribution in [3.05, 3.63) is 35.4 Å². The number of nitrogens with zero attached hydrogens (tertiary/aromatic N) is 1. The molecule has 29 heavy (non-hydrogen) atoms. The number of carbonyl (C=O) groups excluding carboxylic acids is 5. The molecular formula is C20H21NO6S2. The van der Waals surface area contributed by atoms with Crippen molar-refractivity contribution in [2.24, 2.45) is 0 Å². The van der Waals surface area contributed by atoms with Crippen molar-refractivity contribution in [1.29, 1.82) is 0 Å². The number of aryl methyl sites for hydroxylation is 1. The lowest BCUT2D eigenvalue weighted by Gasteiger charge is -2.28. The van der Waals surface area contributed by atoms with Crippen molar-refractivity contribution in [2.75, 3.05) is 19.8 Å². The molecule has 2 saturated heterocycles. The van der Waals surface area contributed by atoms with Crippen LogP contribution in [-0.4, -0.2) is 57.9 Å². The van der Waals surface area contributed by atoms with E-state index >= 15 is 0 Å². The molecule has 0 aromatic heterocycles. The van der Waals surface area contributed by atoms with Gasteiger partial charge in [-0.15, -0.1) is 0 Å². The summed E-state index contributed by atoms with van der Waals surface area (Å²) in [7, 11) is 2.44. The minimum absolute atomic E-state index is 0.112. The van der Waals surface area contributed by atoms with Crippen LogP contribution < -0.4 is 0 Å². The predicted molar refractivity (Wildman–Crippen MR) is 109 cm³/mol. The fraction of sp³-hybridized carbons (Fsp3) is 0.450. The maximum Gasteiger partial charge on any atom is 0.230 e. The lowest BCUT2D eigenvalue weighted by atomic mass is 10.0. The van der Waals surface area contributed by atoms with Gasteiger partial charge in [-0.1, -0.05) is 45.9 Å². The van der Waals surface area contributed by atoms with Crippen LogP contribution >= 0.6 is 21.6 Å². The number of carbonyl (C=O) groups is 5. The largest absolute Gasteiger partial charge is 0.366 e. The first-order chi connectivity index (χ1) is 13.8. The smallest absolute Gasteiger partial charge is 0.230 e. The monoisotopic (exact) mass is 435 g/mol. The van der Waals surface area contributed by atoms with Crippen molar-refractivity contribution < 1.29 is 28.7 Å². The van der Waals surface area contributed by atoms with Crippen LogP contribution in [0.5, 0.6) is 0 Å². The molecule has 7 nitrogen and oxygen atoms in total. The molecule has 0 unspecified atom stereocenters. The Morgan fingerprint density at radius 2 is 1.72 bits per heavy atom. The van der Waals surface area contributed by atoms with E-state index in [1.807, 2.05) is 24.3 Å². The van der Waals surface area contributed by atoms with Gasteiger partial charge in [0, 0.05) is 25.8 Å². The number of β-lactam (4-membered cyclic amide) rings is 1. The van der Waals surface area contributed by atoms with Crippen LogP contribution in [0.4, 0.5) is 0 Å². The Kier molecular flexibility index (Phi) is 6.92. The SMILES string of the molecule is CC(=O)C1(C(=O)COCC(=O)Cc2ccc(CCC(=O)N3CCC3=O)cc2)SS1. The number of likely N-dealkylation sites (tertiary alicyclic amines) is 1. The Morgan fingerprint density at radius 1 is 1.07 bits per heavy atom. The molecule has 0 bridgehead atoms. The molecule has 2 aliphatic heterocycles. The number of benzene rings is 1. The molecule has 0 atom stereocenters. The van der Waals surface area contributed by atoms with Gasteiger partial charge in [0.2, 0.25) is 11.8 Å². The Hall–Kier alpha value is -1.97. The first kappa shape index (κ1) is 21.7. The van der Waals surface area contributed by atoms with E-state index in [9.17, 15) is 24.0 Å². The van der Waals surface area contributed by atoms with Crippen molar-refractivity contribution in [3.8, 4) is 0 Å². The highest BCUT2D eigenvalue weighted by Crippen LogP contribution is 2.65. The molecule has 2 amide bonds. The summed E-state index contributed by atoms with van der Waals surface area (Å²) < 4.78 is 4.17. The van der Waals surface area contributed by atoms with Crippen LogP contribution in [0.15, 0.2) is 24.3 Å². The third kappa shape index (κ3) is 5.34. The fourth-order valence-electron chi connectivity index (χ4n) is 2.87. The summed E-state index contributed by atoms with van der Waals surface area (Å²) in [5.41, 5.74) is 1.77. The molecule has 9 heteroatoms. The first-order valence-corrected chi connectivity index (χ1v) is 11.4. The summed E-state index contributed by atoms with van der Waals surface area (Å²) in [5.74, 6) is -0.942. The average molecular weight is 436 g/mol. The van der Waals surface area contributed by atoms with Crippen molar-refractivity contribution >= 4 is 50.8 Å². The van der Waals surface area contributed by atoms with Gasteiger partial charge in [0.05, 0.1) is 0 Å². The van der Waals surface area contributed by atoms with E-state index in [2.05, 4.69) is 0 Å². The summed E-state index contributed by atoms with van der Waals surface area (Å²) in [6.45, 7) is 1.45. The third-order valence-electron chi connectivity index (χ3n) is 4.78. The minimum Gasteiger partial charge on any atom is -0.366 e. The number of rotatable bonds is 11. The number of amides is 2. The number of ketones is 3. The molecule has 2 fully saturated rings. The first-order valence-electron chi connectivity index (χ1n) is 9.23. The zero-order valence-electron chi connectivity index (χ0n) is 16.0. The van der Waals surface area contributed by atoms with Crippen LogP contribution in [0.2, 0.25) is 0 Å². The Balaban J connectivity index is 1.37. The van der Waals surface area contributed by atoms with Crippen LogP contribution in [0.3, 0.4) is 0 Å². The second-order valence-corrected chi connectivity index (χ2v) is 9.79. The molecule has 0 radical (unpaired) electrons. The van der Waals surface area contributed by atoms with Gasteiger partial charge in [0.15, 0.2) is 21.4 Å². The number of ether oxygens (including phenoxy) is 1. The third-order valence-corrected chi connectivity index (χ3v) is 7.81. The summed E-state index contributed by atoms with van der Waals surface area (Å²) in [4.78, 5) is 59.9. The highest BCUT2D eigenvalue weighted by molar-refractivity contribution is 8.94. The van der Waals surface area contributed by atoms with Crippen molar-refractivity contribution in [3.63, 3.8) is 0 Å². The number of hydrogen-bond acceptors (Lipinski definition) is 8. The fourth-order valence-corrected chi connectivity index (χ4v) is 5.00. The molecule has 0 spiro atoms. The van der Waals surface area contributed by atoms with Gasteiger partial charge >= 0.3 is 0 Å². The van der Waals surface area contributed by atoms with E-state index in [1.54, 1.807) is 0 Å². The van der Waals surface area contributed by atoms with Gasteiger partial charge in [-0.05, 0) is 24.5 Å². The van der Waals surface area contributed by atoms with Crippen LogP contribution in [0.25, 0.3) is 0 Å². The highest BCUT2D eigenvalue weighted by Gasteiger charge is 2.57. The van der Waals surface area contributed by atoms with E-state index < -0.39 is 4.08 Å². The Bertz CT molecular complexity index is 847. The van der Waals surface area contributed by atoms with Gasteiger partial charge in [-0.3, -0.25) is 28.9 Å². The lowest BCUT2D eigenvalue weighted by molar-refractivity contribution is -0.152. The summed E-state index contributed by atoms with van der Waals surface area (Å²) in [6, 6.07) is 7.35. The van der Waals surface area contributed by atoms with Crippen LogP contribution in [0.1, 0.15) is 30.9 Å². The van der Waals surface area contributed by atoms with Gasteiger partial charge in [-0.2, -0.15) is 0 Å². The summed E-state index contributed by atoms with van der Waals surface area (Å²) in [5, 5.41) is 0. The van der Waals surface area contributed by atoms with E-state index in [1.165, 1.54) is 33.4 Å². The summed E-state index contributed by atoms with van der Waals surface area (Å²) >= 11 is 0. The van der Waals surface area contributed by atoms with Crippen molar-refractivity contribution in [1.82, 2.24) is 4.90 Å². The predicted octanol–water partition coefficient (Wildman–Crippen LogP) is 1.76. The topological polar surface area (TPSA) is 97.8 Å². The minimum atomic E-state index is -1.02. The zero-order chi connectivity index (χ0) is 21.0. The quantitative estimate of drug-likeness (QED) is 0.224. The number of hydrogen-bond donors (Lipinski definition) is 0. The normalized spacial score (nSPS) is 16.9. The average Bonchev–Trinajstić information content (AvgIpc) is 3.48. The van der Waals surface area contributed by atoms with Crippen molar-refractivity contribution in [2.45, 2.75) is 36.7 Å². The molecule has 1 aromatic carbocycles. The van der Waals surface area contributed by atoms with Gasteiger partial charge in [-0.25, -0.2) is 0 Å². The number of imide groups is 1.